The lowest BCUT2D eigenvalue weighted by atomic mass is 10.0. The number of nitrogens with zero attached hydrogens (tertiary/aromatic N) is 2. The van der Waals surface area contributed by atoms with Crippen molar-refractivity contribution in [2.75, 3.05) is 19.7 Å². The van der Waals surface area contributed by atoms with E-state index in [1.54, 1.807) is 6.20 Å². The Labute approximate surface area is 219 Å². The van der Waals surface area contributed by atoms with Crippen LogP contribution in [0.1, 0.15) is 39.2 Å². The van der Waals surface area contributed by atoms with Gasteiger partial charge in [-0.05, 0) is 85.3 Å². The van der Waals surface area contributed by atoms with E-state index in [1.807, 2.05) is 36.7 Å². The van der Waals surface area contributed by atoms with Crippen LogP contribution < -0.4 is 15.4 Å². The lowest BCUT2D eigenvalue weighted by Gasteiger charge is -2.17. The van der Waals surface area contributed by atoms with Gasteiger partial charge in [0.05, 0.1) is 6.61 Å². The fourth-order valence-corrected chi connectivity index (χ4v) is 3.71. The number of hydrogen-bond donors (Lipinski definition) is 2. The van der Waals surface area contributed by atoms with Crippen molar-refractivity contribution < 1.29 is 9.53 Å². The quantitative estimate of drug-likeness (QED) is 0.384. The van der Waals surface area contributed by atoms with Crippen molar-refractivity contribution in [2.24, 2.45) is 0 Å². The topological polar surface area (TPSA) is 76.1 Å². The van der Waals surface area contributed by atoms with E-state index in [1.165, 1.54) is 11.1 Å². The van der Waals surface area contributed by atoms with Gasteiger partial charge in [-0.15, -0.1) is 37.2 Å². The zero-order valence-corrected chi connectivity index (χ0v) is 21.3. The molecule has 184 valence electrons. The molecule has 3 aromatic rings. The van der Waals surface area contributed by atoms with Gasteiger partial charge in [-0.1, -0.05) is 6.07 Å². The van der Waals surface area contributed by atoms with Crippen molar-refractivity contribution in [3.63, 3.8) is 0 Å². The van der Waals surface area contributed by atoms with E-state index in [-0.39, 0.29) is 43.1 Å². The number of amides is 1. The SMILES string of the molecule is Cl.Cl.Cl.O=C1NCCc2cc(OCCCNCc3ccnc(CCc4cccnc4)c3)ccc21. The zero-order valence-electron chi connectivity index (χ0n) is 18.9. The van der Waals surface area contributed by atoms with E-state index in [2.05, 4.69) is 38.8 Å². The molecule has 2 N–H and O–H groups in total. The Morgan fingerprint density at radius 1 is 1.00 bits per heavy atom. The summed E-state index contributed by atoms with van der Waals surface area (Å²) in [5.74, 6) is 0.842. The number of nitrogens with one attached hydrogen (secondary N) is 2. The highest BCUT2D eigenvalue weighted by molar-refractivity contribution is 5.96. The number of benzene rings is 1. The normalized spacial score (nSPS) is 11.7. The van der Waals surface area contributed by atoms with Crippen molar-refractivity contribution in [1.82, 2.24) is 20.6 Å². The van der Waals surface area contributed by atoms with Crippen LogP contribution in [-0.4, -0.2) is 35.6 Å². The van der Waals surface area contributed by atoms with Gasteiger partial charge in [0.1, 0.15) is 5.75 Å². The summed E-state index contributed by atoms with van der Waals surface area (Å²) < 4.78 is 5.87. The first-order chi connectivity index (χ1) is 15.3. The van der Waals surface area contributed by atoms with Gasteiger partial charge in [0.2, 0.25) is 0 Å². The highest BCUT2D eigenvalue weighted by Gasteiger charge is 2.16. The highest BCUT2D eigenvalue weighted by Crippen LogP contribution is 2.20. The summed E-state index contributed by atoms with van der Waals surface area (Å²) >= 11 is 0. The molecule has 1 aromatic carbocycles. The molecule has 0 atom stereocenters. The van der Waals surface area contributed by atoms with Gasteiger partial charge >= 0.3 is 0 Å². The summed E-state index contributed by atoms with van der Waals surface area (Å²) in [6.07, 6.45) is 9.22. The van der Waals surface area contributed by atoms with Crippen LogP contribution in [0.3, 0.4) is 0 Å². The molecule has 1 amide bonds. The van der Waals surface area contributed by atoms with E-state index in [0.717, 1.165) is 61.3 Å². The summed E-state index contributed by atoms with van der Waals surface area (Å²) in [7, 11) is 0. The molecule has 0 fully saturated rings. The van der Waals surface area contributed by atoms with Gasteiger partial charge in [0.25, 0.3) is 5.91 Å². The van der Waals surface area contributed by atoms with Crippen molar-refractivity contribution in [3.05, 3.63) is 89.0 Å². The monoisotopic (exact) mass is 524 g/mol. The molecule has 0 bridgehead atoms. The van der Waals surface area contributed by atoms with Crippen molar-refractivity contribution >= 4 is 43.1 Å². The Kier molecular flexibility index (Phi) is 13.5. The summed E-state index contributed by atoms with van der Waals surface area (Å²) in [4.78, 5) is 20.5. The first-order valence-corrected chi connectivity index (χ1v) is 10.9. The maximum absolute atomic E-state index is 11.8. The van der Waals surface area contributed by atoms with Crippen LogP contribution in [0.15, 0.2) is 61.1 Å². The number of aromatic nitrogens is 2. The molecule has 1 aliphatic rings. The van der Waals surface area contributed by atoms with E-state index < -0.39 is 0 Å². The molecule has 0 aliphatic carbocycles. The predicted molar refractivity (Wildman–Crippen MR) is 142 cm³/mol. The minimum Gasteiger partial charge on any atom is -0.494 e. The number of halogens is 3. The first-order valence-electron chi connectivity index (χ1n) is 10.9. The average Bonchev–Trinajstić information content (AvgIpc) is 2.81. The van der Waals surface area contributed by atoms with Crippen molar-refractivity contribution in [2.45, 2.75) is 32.2 Å². The van der Waals surface area contributed by atoms with E-state index in [4.69, 9.17) is 4.74 Å². The standard InChI is InChI=1S/C25H28N4O2.3ClH/c30-25-24-7-6-23(16-21(24)9-13-29-25)31-14-2-11-27-18-20-8-12-28-22(15-20)5-4-19-3-1-10-26-17-19;;;/h1,3,6-8,10,12,15-17,27H,2,4-5,9,11,13-14,18H2,(H,29,30);3*1H. The summed E-state index contributed by atoms with van der Waals surface area (Å²) in [6, 6.07) is 14.0. The molecule has 3 heterocycles. The van der Waals surface area contributed by atoms with Crippen LogP contribution in [0.5, 0.6) is 5.75 Å². The fourth-order valence-electron chi connectivity index (χ4n) is 3.71. The third-order valence-electron chi connectivity index (χ3n) is 5.37. The highest BCUT2D eigenvalue weighted by atomic mass is 35.5. The molecular weight excluding hydrogens is 495 g/mol. The van der Waals surface area contributed by atoms with Crippen LogP contribution in [-0.2, 0) is 25.8 Å². The fraction of sp³-hybridized carbons (Fsp3) is 0.320. The lowest BCUT2D eigenvalue weighted by Crippen LogP contribution is -2.31. The minimum atomic E-state index is 0. The Bertz CT molecular complexity index is 1020. The second-order valence-corrected chi connectivity index (χ2v) is 7.72. The molecule has 0 spiro atoms. The number of carbonyl (C=O) groups excluding carboxylic acids is 1. The van der Waals surface area contributed by atoms with Gasteiger partial charge in [0.15, 0.2) is 0 Å². The molecule has 34 heavy (non-hydrogen) atoms. The van der Waals surface area contributed by atoms with Crippen LogP contribution in [0.25, 0.3) is 0 Å². The van der Waals surface area contributed by atoms with Crippen LogP contribution in [0.2, 0.25) is 0 Å². The Morgan fingerprint density at radius 3 is 2.71 bits per heavy atom. The van der Waals surface area contributed by atoms with Crippen LogP contribution in [0.4, 0.5) is 0 Å². The molecule has 0 saturated heterocycles. The van der Waals surface area contributed by atoms with Crippen LogP contribution >= 0.6 is 37.2 Å². The zero-order chi connectivity index (χ0) is 21.3. The summed E-state index contributed by atoms with van der Waals surface area (Å²) in [5, 5.41) is 6.33. The second-order valence-electron chi connectivity index (χ2n) is 7.72. The molecule has 0 radical (unpaired) electrons. The maximum atomic E-state index is 11.8. The molecular formula is C25H31Cl3N4O2. The first kappa shape index (κ1) is 29.7. The molecule has 4 rings (SSSR count). The third kappa shape index (κ3) is 8.76. The average molecular weight is 526 g/mol. The molecule has 1 aliphatic heterocycles. The van der Waals surface area contributed by atoms with E-state index in [0.29, 0.717) is 13.2 Å². The number of rotatable bonds is 10. The Balaban J connectivity index is 0.00000193. The maximum Gasteiger partial charge on any atom is 0.251 e. The Hall–Kier alpha value is -2.38. The van der Waals surface area contributed by atoms with Gasteiger partial charge in [-0.3, -0.25) is 14.8 Å². The molecule has 6 nitrogen and oxygen atoms in total. The van der Waals surface area contributed by atoms with E-state index >= 15 is 0 Å². The number of pyridine rings is 2. The van der Waals surface area contributed by atoms with Gasteiger partial charge in [-0.25, -0.2) is 0 Å². The number of ether oxygens (including phenoxy) is 1. The minimum absolute atomic E-state index is 0. The number of carbonyl (C=O) groups is 1. The number of fused-ring (bicyclic) bond motifs is 1. The molecule has 9 heteroatoms. The largest absolute Gasteiger partial charge is 0.494 e. The molecule has 0 unspecified atom stereocenters. The van der Waals surface area contributed by atoms with Crippen molar-refractivity contribution in [1.29, 1.82) is 0 Å². The predicted octanol–water partition coefficient (Wildman–Crippen LogP) is 4.37. The van der Waals surface area contributed by atoms with Gasteiger partial charge in [0, 0.05) is 42.9 Å². The second kappa shape index (κ2) is 15.5. The number of hydrogen-bond acceptors (Lipinski definition) is 5. The molecule has 2 aromatic heterocycles. The van der Waals surface area contributed by atoms with E-state index in [9.17, 15) is 4.79 Å². The smallest absolute Gasteiger partial charge is 0.251 e. The van der Waals surface area contributed by atoms with Gasteiger partial charge < -0.3 is 15.4 Å². The molecule has 0 saturated carbocycles. The summed E-state index contributed by atoms with van der Waals surface area (Å²) in [5.41, 5.74) is 5.40. The van der Waals surface area contributed by atoms with Gasteiger partial charge in [-0.2, -0.15) is 0 Å². The third-order valence-corrected chi connectivity index (χ3v) is 5.37. The lowest BCUT2D eigenvalue weighted by molar-refractivity contribution is 0.0946. The van der Waals surface area contributed by atoms with Crippen LogP contribution in [0, 0.1) is 0 Å². The Morgan fingerprint density at radius 2 is 1.88 bits per heavy atom. The number of aryl methyl sites for hydroxylation is 2. The van der Waals surface area contributed by atoms with Crippen molar-refractivity contribution in [3.8, 4) is 5.75 Å². The summed E-state index contributed by atoms with van der Waals surface area (Å²) in [6.45, 7) is 3.03.